The van der Waals surface area contributed by atoms with Gasteiger partial charge in [-0.05, 0) is 69.4 Å². The molecule has 12 aromatic rings. The fourth-order valence-corrected chi connectivity index (χ4v) is 10.1. The highest BCUT2D eigenvalue weighted by molar-refractivity contribution is 7.26. The minimum absolute atomic E-state index is 0.610. The van der Waals surface area contributed by atoms with Crippen LogP contribution in [-0.4, -0.2) is 19.5 Å². The van der Waals surface area contributed by atoms with Gasteiger partial charge in [0.15, 0.2) is 17.5 Å². The molecule has 0 atom stereocenters. The number of thiophene rings is 1. The topological polar surface area (TPSA) is 43.6 Å². The number of aromatic nitrogens is 4. The van der Waals surface area contributed by atoms with Crippen molar-refractivity contribution < 1.29 is 0 Å². The average molecular weight is 783 g/mol. The molecule has 12 rings (SSSR count). The molecule has 0 amide bonds. The van der Waals surface area contributed by atoms with E-state index in [9.17, 15) is 0 Å². The molecule has 0 aliphatic rings. The number of para-hydroxylation sites is 2. The summed E-state index contributed by atoms with van der Waals surface area (Å²) in [5.41, 5.74) is 10.6. The van der Waals surface area contributed by atoms with Crippen molar-refractivity contribution in [2.45, 2.75) is 0 Å². The van der Waals surface area contributed by atoms with E-state index in [0.717, 1.165) is 50.1 Å². The van der Waals surface area contributed by atoms with Crippen molar-refractivity contribution in [2.24, 2.45) is 0 Å². The second kappa shape index (κ2) is 14.0. The van der Waals surface area contributed by atoms with E-state index in [4.69, 9.17) is 15.0 Å². The van der Waals surface area contributed by atoms with Gasteiger partial charge in [0.05, 0.1) is 16.7 Å². The Morgan fingerprint density at radius 2 is 0.933 bits per heavy atom. The van der Waals surface area contributed by atoms with Crippen LogP contribution in [0.3, 0.4) is 0 Å². The lowest BCUT2D eigenvalue weighted by molar-refractivity contribution is 1.06. The predicted octanol–water partition coefficient (Wildman–Crippen LogP) is 14.8. The van der Waals surface area contributed by atoms with E-state index < -0.39 is 0 Å². The summed E-state index contributed by atoms with van der Waals surface area (Å²) in [6.07, 6.45) is 0. The summed E-state index contributed by atoms with van der Waals surface area (Å²) in [5, 5.41) is 7.54. The number of nitrogens with zero attached hydrogens (tertiary/aromatic N) is 4. The molecule has 0 saturated heterocycles. The third kappa shape index (κ3) is 5.63. The molecule has 0 unspecified atom stereocenters. The maximum atomic E-state index is 5.37. The smallest absolute Gasteiger partial charge is 0.166 e. The Morgan fingerprint density at radius 3 is 1.70 bits per heavy atom. The highest BCUT2D eigenvalue weighted by Gasteiger charge is 2.21. The Balaban J connectivity index is 1.08. The van der Waals surface area contributed by atoms with Gasteiger partial charge in [0.1, 0.15) is 0 Å². The fraction of sp³-hybridized carbons (Fsp3) is 0. The van der Waals surface area contributed by atoms with Crippen molar-refractivity contribution in [2.75, 3.05) is 0 Å². The summed E-state index contributed by atoms with van der Waals surface area (Å²) in [7, 11) is 0. The minimum atomic E-state index is 0.610. The SMILES string of the molecule is c1ccc(-c2ccc(-c3nc(-c4ccccc4)nc(-c4cccc(-c5cccc6c5sc5ccc7ccccc7c56)c4)n3)c(-n3c4ccccc4c4ccccc43)c2)cc1. The second-order valence-electron chi connectivity index (χ2n) is 15.2. The Labute approximate surface area is 350 Å². The predicted molar refractivity (Wildman–Crippen MR) is 252 cm³/mol. The summed E-state index contributed by atoms with van der Waals surface area (Å²) in [5.74, 6) is 1.86. The van der Waals surface area contributed by atoms with E-state index in [1.165, 1.54) is 47.3 Å². The zero-order valence-corrected chi connectivity index (χ0v) is 33.1. The molecule has 4 nitrogen and oxygen atoms in total. The molecule has 0 spiro atoms. The highest BCUT2D eigenvalue weighted by Crippen LogP contribution is 2.44. The third-order valence-corrected chi connectivity index (χ3v) is 12.9. The number of hydrogen-bond acceptors (Lipinski definition) is 4. The van der Waals surface area contributed by atoms with E-state index in [2.05, 4.69) is 193 Å². The summed E-state index contributed by atoms with van der Waals surface area (Å²) in [4.78, 5) is 15.8. The van der Waals surface area contributed by atoms with E-state index in [1.807, 2.05) is 29.5 Å². The molecule has 5 heteroatoms. The Hall–Kier alpha value is -7.73. The molecule has 0 N–H and O–H groups in total. The molecular formula is C55H34N4S. The average Bonchev–Trinajstić information content (AvgIpc) is 3.88. The van der Waals surface area contributed by atoms with Crippen LogP contribution >= 0.6 is 11.3 Å². The van der Waals surface area contributed by atoms with Crippen LogP contribution in [0.1, 0.15) is 0 Å². The molecule has 0 aliphatic carbocycles. The highest BCUT2D eigenvalue weighted by atomic mass is 32.1. The van der Waals surface area contributed by atoms with Crippen molar-refractivity contribution in [3.05, 3.63) is 206 Å². The number of benzene rings is 9. The first-order chi connectivity index (χ1) is 29.7. The van der Waals surface area contributed by atoms with Gasteiger partial charge >= 0.3 is 0 Å². The monoisotopic (exact) mass is 782 g/mol. The van der Waals surface area contributed by atoms with Crippen molar-refractivity contribution >= 4 is 64.1 Å². The van der Waals surface area contributed by atoms with Gasteiger partial charge in [-0.15, -0.1) is 11.3 Å². The quantitative estimate of drug-likeness (QED) is 0.169. The lowest BCUT2D eigenvalue weighted by atomic mass is 9.99. The lowest BCUT2D eigenvalue weighted by Crippen LogP contribution is -2.04. The number of rotatable bonds is 6. The molecule has 3 heterocycles. The molecule has 0 bridgehead atoms. The minimum Gasteiger partial charge on any atom is -0.308 e. The molecule has 0 fully saturated rings. The third-order valence-electron chi connectivity index (χ3n) is 11.7. The first-order valence-electron chi connectivity index (χ1n) is 20.2. The first-order valence-corrected chi connectivity index (χ1v) is 21.0. The van der Waals surface area contributed by atoms with E-state index in [1.54, 1.807) is 0 Å². The maximum Gasteiger partial charge on any atom is 0.166 e. The van der Waals surface area contributed by atoms with Gasteiger partial charge in [0.2, 0.25) is 0 Å². The van der Waals surface area contributed by atoms with E-state index in [-0.39, 0.29) is 0 Å². The first kappa shape index (κ1) is 34.3. The molecule has 280 valence electrons. The van der Waals surface area contributed by atoms with Crippen LogP contribution in [0, 0.1) is 0 Å². The molecule has 9 aromatic carbocycles. The van der Waals surface area contributed by atoms with Crippen LogP contribution in [-0.2, 0) is 0 Å². The molecular weight excluding hydrogens is 749 g/mol. The van der Waals surface area contributed by atoms with Gasteiger partial charge in [0.25, 0.3) is 0 Å². The van der Waals surface area contributed by atoms with Gasteiger partial charge in [-0.25, -0.2) is 15.0 Å². The summed E-state index contributed by atoms with van der Waals surface area (Å²) < 4.78 is 4.93. The van der Waals surface area contributed by atoms with Gasteiger partial charge in [-0.3, -0.25) is 0 Å². The Morgan fingerprint density at radius 1 is 0.350 bits per heavy atom. The zero-order valence-electron chi connectivity index (χ0n) is 32.3. The summed E-state index contributed by atoms with van der Waals surface area (Å²) in [6, 6.07) is 73.2. The van der Waals surface area contributed by atoms with Gasteiger partial charge in [0, 0.05) is 47.6 Å². The van der Waals surface area contributed by atoms with Crippen molar-refractivity contribution in [3.8, 4) is 62.1 Å². The number of hydrogen-bond donors (Lipinski definition) is 0. The van der Waals surface area contributed by atoms with Crippen LogP contribution < -0.4 is 0 Å². The fourth-order valence-electron chi connectivity index (χ4n) is 8.86. The maximum absolute atomic E-state index is 5.37. The van der Waals surface area contributed by atoms with Crippen LogP contribution in [0.5, 0.6) is 0 Å². The van der Waals surface area contributed by atoms with Gasteiger partial charge in [-0.2, -0.15) is 0 Å². The Bertz CT molecular complexity index is 3550. The standard InChI is InChI=1S/C55H34N4S/c1-3-15-35(16-4-1)38-29-31-45(49(34-38)59-47-27-11-9-23-43(47)44-24-10-12-28-48(44)59)55-57-53(37-18-5-2-6-19-37)56-54(58-55)40-21-13-20-39(33-40)42-25-14-26-46-51-41-22-8-7-17-36(41)30-32-50(51)60-52(42)46/h1-34H. The second-order valence-corrected chi connectivity index (χ2v) is 16.2. The largest absolute Gasteiger partial charge is 0.308 e. The zero-order chi connectivity index (χ0) is 39.6. The normalized spacial score (nSPS) is 11.7. The summed E-state index contributed by atoms with van der Waals surface area (Å²) in [6.45, 7) is 0. The van der Waals surface area contributed by atoms with Gasteiger partial charge in [-0.1, -0.05) is 170 Å². The molecule has 0 aliphatic heterocycles. The van der Waals surface area contributed by atoms with Crippen LogP contribution in [0.4, 0.5) is 0 Å². The van der Waals surface area contributed by atoms with Crippen LogP contribution in [0.15, 0.2) is 206 Å². The van der Waals surface area contributed by atoms with Crippen molar-refractivity contribution in [3.63, 3.8) is 0 Å². The molecule has 0 radical (unpaired) electrons. The molecule has 0 saturated carbocycles. The van der Waals surface area contributed by atoms with E-state index in [0.29, 0.717) is 17.5 Å². The van der Waals surface area contributed by atoms with Crippen LogP contribution in [0.25, 0.3) is 115 Å². The lowest BCUT2D eigenvalue weighted by Gasteiger charge is -2.16. The molecule has 3 aromatic heterocycles. The Kier molecular flexibility index (Phi) is 8.00. The van der Waals surface area contributed by atoms with Crippen molar-refractivity contribution in [1.29, 1.82) is 0 Å². The molecule has 60 heavy (non-hydrogen) atoms. The van der Waals surface area contributed by atoms with Gasteiger partial charge < -0.3 is 4.57 Å². The number of fused-ring (bicyclic) bond motifs is 8. The van der Waals surface area contributed by atoms with E-state index >= 15 is 0 Å². The van der Waals surface area contributed by atoms with Crippen molar-refractivity contribution in [1.82, 2.24) is 19.5 Å². The van der Waals surface area contributed by atoms with Crippen LogP contribution in [0.2, 0.25) is 0 Å². The summed E-state index contributed by atoms with van der Waals surface area (Å²) >= 11 is 1.86.